The van der Waals surface area contributed by atoms with Crippen molar-refractivity contribution in [1.29, 1.82) is 0 Å². The molecule has 2 aliphatic rings. The normalized spacial score (nSPS) is 15.2. The minimum absolute atomic E-state index is 0.0190. The van der Waals surface area contributed by atoms with Crippen LogP contribution in [-0.2, 0) is 17.8 Å². The van der Waals surface area contributed by atoms with Crippen molar-refractivity contribution in [3.8, 4) is 17.0 Å². The summed E-state index contributed by atoms with van der Waals surface area (Å²) in [5.41, 5.74) is 3.83. The number of fused-ring (bicyclic) bond motifs is 3. The summed E-state index contributed by atoms with van der Waals surface area (Å²) < 4.78 is 23.1. The summed E-state index contributed by atoms with van der Waals surface area (Å²) in [6.07, 6.45) is 4.01. The standard InChI is InChI=1S/C25H24FN7O2/c1-14-19(12-29-25-24(14)27-6-8-35-25)17-4-3-15-11-28-20(10-18(15)23(17)26)30-21-9-16-5-7-32(2)22(34)13-33(16)31-21/h3-4,9-12,27H,5-8,13H2,1-2H3,(H,28,30,31). The van der Waals surface area contributed by atoms with Gasteiger partial charge in [-0.1, -0.05) is 12.1 Å². The maximum atomic E-state index is 15.8. The van der Waals surface area contributed by atoms with Gasteiger partial charge in [-0.15, -0.1) is 0 Å². The van der Waals surface area contributed by atoms with E-state index < -0.39 is 0 Å². The third-order valence-corrected chi connectivity index (χ3v) is 6.61. The molecule has 0 spiro atoms. The fraction of sp³-hybridized carbons (Fsp3) is 0.280. The Bertz CT molecular complexity index is 1480. The molecule has 2 N–H and O–H groups in total. The van der Waals surface area contributed by atoms with E-state index in [0.29, 0.717) is 65.5 Å². The first-order chi connectivity index (χ1) is 17.0. The molecule has 2 aliphatic heterocycles. The van der Waals surface area contributed by atoms with Gasteiger partial charge >= 0.3 is 0 Å². The van der Waals surface area contributed by atoms with Crippen LogP contribution >= 0.6 is 0 Å². The Morgan fingerprint density at radius 2 is 2.03 bits per heavy atom. The van der Waals surface area contributed by atoms with Crippen LogP contribution in [0.3, 0.4) is 0 Å². The lowest BCUT2D eigenvalue weighted by Gasteiger charge is -2.21. The van der Waals surface area contributed by atoms with Gasteiger partial charge < -0.3 is 20.3 Å². The summed E-state index contributed by atoms with van der Waals surface area (Å²) in [7, 11) is 1.79. The van der Waals surface area contributed by atoms with E-state index >= 15 is 4.39 Å². The molecule has 10 heteroatoms. The molecule has 178 valence electrons. The van der Waals surface area contributed by atoms with Gasteiger partial charge in [-0.2, -0.15) is 5.10 Å². The van der Waals surface area contributed by atoms with E-state index in [9.17, 15) is 4.79 Å². The molecule has 0 radical (unpaired) electrons. The number of pyridine rings is 2. The Morgan fingerprint density at radius 1 is 1.14 bits per heavy atom. The molecule has 6 rings (SSSR count). The number of benzene rings is 1. The second-order valence-electron chi connectivity index (χ2n) is 8.84. The fourth-order valence-electron chi connectivity index (χ4n) is 4.59. The summed E-state index contributed by atoms with van der Waals surface area (Å²) >= 11 is 0. The number of ether oxygens (including phenoxy) is 1. The number of carbonyl (C=O) groups is 1. The quantitative estimate of drug-likeness (QED) is 0.470. The first-order valence-electron chi connectivity index (χ1n) is 11.5. The van der Waals surface area contributed by atoms with Crippen molar-refractivity contribution in [3.63, 3.8) is 0 Å². The largest absolute Gasteiger partial charge is 0.474 e. The zero-order valence-electron chi connectivity index (χ0n) is 19.4. The number of anilines is 3. The number of nitrogens with one attached hydrogen (secondary N) is 2. The molecule has 0 saturated carbocycles. The first-order valence-corrected chi connectivity index (χ1v) is 11.5. The van der Waals surface area contributed by atoms with Gasteiger partial charge in [-0.05, 0) is 18.6 Å². The molecule has 1 amide bonds. The number of amides is 1. The van der Waals surface area contributed by atoms with Crippen molar-refractivity contribution in [3.05, 3.63) is 53.7 Å². The molecule has 0 saturated heterocycles. The highest BCUT2D eigenvalue weighted by atomic mass is 19.1. The van der Waals surface area contributed by atoms with Crippen molar-refractivity contribution in [2.24, 2.45) is 0 Å². The van der Waals surface area contributed by atoms with Crippen LogP contribution in [0.2, 0.25) is 0 Å². The van der Waals surface area contributed by atoms with Gasteiger partial charge in [0.2, 0.25) is 11.8 Å². The third-order valence-electron chi connectivity index (χ3n) is 6.61. The molecule has 3 aromatic heterocycles. The van der Waals surface area contributed by atoms with Crippen LogP contribution in [0.5, 0.6) is 5.88 Å². The summed E-state index contributed by atoms with van der Waals surface area (Å²) in [4.78, 5) is 22.7. The van der Waals surface area contributed by atoms with Crippen LogP contribution in [0.1, 0.15) is 11.3 Å². The Morgan fingerprint density at radius 3 is 2.91 bits per heavy atom. The number of rotatable bonds is 3. The Hall–Kier alpha value is -4.21. The van der Waals surface area contributed by atoms with Gasteiger partial charge in [0.15, 0.2) is 5.82 Å². The summed E-state index contributed by atoms with van der Waals surface area (Å²) in [5, 5.41) is 12.1. The monoisotopic (exact) mass is 473 g/mol. The van der Waals surface area contributed by atoms with Crippen molar-refractivity contribution < 1.29 is 13.9 Å². The first kappa shape index (κ1) is 21.3. The minimum atomic E-state index is -0.344. The van der Waals surface area contributed by atoms with Crippen LogP contribution in [0.15, 0.2) is 36.7 Å². The molecule has 1 aromatic carbocycles. The molecule has 9 nitrogen and oxygen atoms in total. The van der Waals surface area contributed by atoms with Crippen molar-refractivity contribution in [2.45, 2.75) is 19.9 Å². The minimum Gasteiger partial charge on any atom is -0.474 e. The lowest BCUT2D eigenvalue weighted by Crippen LogP contribution is -2.29. The Balaban J connectivity index is 1.34. The highest BCUT2D eigenvalue weighted by molar-refractivity contribution is 5.91. The zero-order valence-corrected chi connectivity index (χ0v) is 19.4. The summed E-state index contributed by atoms with van der Waals surface area (Å²) in [5.74, 6) is 1.26. The van der Waals surface area contributed by atoms with Gasteiger partial charge in [-0.25, -0.2) is 14.4 Å². The average Bonchev–Trinajstić information content (AvgIpc) is 3.18. The predicted octanol–water partition coefficient (Wildman–Crippen LogP) is 3.50. The van der Waals surface area contributed by atoms with E-state index in [0.717, 1.165) is 16.9 Å². The molecule has 0 aliphatic carbocycles. The molecule has 0 atom stereocenters. The highest BCUT2D eigenvalue weighted by Crippen LogP contribution is 2.38. The maximum Gasteiger partial charge on any atom is 0.244 e. The van der Waals surface area contributed by atoms with Gasteiger partial charge in [0.25, 0.3) is 0 Å². The highest BCUT2D eigenvalue weighted by Gasteiger charge is 2.21. The molecule has 5 heterocycles. The molecule has 0 unspecified atom stereocenters. The molecule has 0 bridgehead atoms. The van der Waals surface area contributed by atoms with Gasteiger partial charge in [-0.3, -0.25) is 9.48 Å². The maximum absolute atomic E-state index is 15.8. The lowest BCUT2D eigenvalue weighted by atomic mass is 9.98. The van der Waals surface area contributed by atoms with Crippen LogP contribution in [0, 0.1) is 12.7 Å². The van der Waals surface area contributed by atoms with E-state index in [1.165, 1.54) is 0 Å². The van der Waals surface area contributed by atoms with E-state index in [4.69, 9.17) is 4.74 Å². The van der Waals surface area contributed by atoms with E-state index in [1.807, 2.05) is 19.1 Å². The summed E-state index contributed by atoms with van der Waals surface area (Å²) in [6, 6.07) is 7.20. The van der Waals surface area contributed by atoms with Gasteiger partial charge in [0, 0.05) is 72.6 Å². The number of nitrogens with zero attached hydrogens (tertiary/aromatic N) is 5. The number of halogens is 1. The second kappa shape index (κ2) is 8.23. The van der Waals surface area contributed by atoms with Crippen LogP contribution in [-0.4, -0.2) is 57.3 Å². The Labute approximate surface area is 200 Å². The molecular weight excluding hydrogens is 449 g/mol. The number of hydrogen-bond acceptors (Lipinski definition) is 7. The van der Waals surface area contributed by atoms with Crippen LogP contribution in [0.4, 0.5) is 21.7 Å². The van der Waals surface area contributed by atoms with Crippen LogP contribution in [0.25, 0.3) is 21.9 Å². The third kappa shape index (κ3) is 3.71. The number of hydrogen-bond donors (Lipinski definition) is 2. The fourth-order valence-corrected chi connectivity index (χ4v) is 4.59. The number of carbonyl (C=O) groups excluding carboxylic acids is 1. The van der Waals surface area contributed by atoms with E-state index in [1.54, 1.807) is 41.2 Å². The molecule has 0 fully saturated rings. The van der Waals surface area contributed by atoms with Crippen molar-refractivity contribution >= 4 is 34.0 Å². The Kier molecular flexibility index (Phi) is 5.01. The number of aromatic nitrogens is 4. The summed E-state index contributed by atoms with van der Waals surface area (Å²) in [6.45, 7) is 4.02. The van der Waals surface area contributed by atoms with Gasteiger partial charge in [0.1, 0.15) is 30.5 Å². The molecule has 4 aromatic rings. The van der Waals surface area contributed by atoms with Crippen LogP contribution < -0.4 is 15.4 Å². The molecule has 35 heavy (non-hydrogen) atoms. The predicted molar refractivity (Wildman–Crippen MR) is 131 cm³/mol. The van der Waals surface area contributed by atoms with Crippen molar-refractivity contribution in [2.75, 3.05) is 37.4 Å². The van der Waals surface area contributed by atoms with E-state index in [2.05, 4.69) is 25.7 Å². The topological polar surface area (TPSA) is 97.2 Å². The average molecular weight is 474 g/mol. The zero-order chi connectivity index (χ0) is 24.1. The lowest BCUT2D eigenvalue weighted by molar-refractivity contribution is -0.130. The van der Waals surface area contributed by atoms with E-state index in [-0.39, 0.29) is 18.3 Å². The second-order valence-corrected chi connectivity index (χ2v) is 8.84. The number of likely N-dealkylation sites (N-methyl/N-ethyl adjacent to an activating group) is 1. The van der Waals surface area contributed by atoms with Gasteiger partial charge in [0.05, 0.1) is 0 Å². The molecular formula is C25H24FN7O2. The SMILES string of the molecule is Cc1c(-c2ccc3cnc(Nc4cc5n(n4)CC(=O)N(C)CC5)cc3c2F)cnc2c1NCCO2. The smallest absolute Gasteiger partial charge is 0.244 e. The van der Waals surface area contributed by atoms with Crippen molar-refractivity contribution in [1.82, 2.24) is 24.6 Å².